The van der Waals surface area contributed by atoms with Crippen LogP contribution < -0.4 is 5.32 Å². The van der Waals surface area contributed by atoms with Crippen LogP contribution in [0.1, 0.15) is 271 Å². The Morgan fingerprint density at radius 3 is 1.21 bits per heavy atom. The summed E-state index contributed by atoms with van der Waals surface area (Å²) in [5, 5.41) is 13.9. The zero-order valence-corrected chi connectivity index (χ0v) is 48.8. The van der Waals surface area contributed by atoms with Crippen LogP contribution in [0.4, 0.5) is 0 Å². The van der Waals surface area contributed by atoms with Gasteiger partial charge in [-0.2, -0.15) is 0 Å². The van der Waals surface area contributed by atoms with Gasteiger partial charge in [0.1, 0.15) is 13.2 Å². The van der Waals surface area contributed by atoms with E-state index in [0.29, 0.717) is 17.4 Å². The van der Waals surface area contributed by atoms with E-state index >= 15 is 0 Å². The summed E-state index contributed by atoms with van der Waals surface area (Å²) in [6.45, 7) is 4.79. The van der Waals surface area contributed by atoms with E-state index in [-0.39, 0.29) is 19.1 Å². The third-order valence-electron chi connectivity index (χ3n) is 13.4. The number of nitrogens with zero attached hydrogens (tertiary/aromatic N) is 1. The summed E-state index contributed by atoms with van der Waals surface area (Å²) in [6.07, 6.45) is 74.4. The van der Waals surface area contributed by atoms with Crippen LogP contribution in [0.15, 0.2) is 72.9 Å². The number of amides is 1. The molecule has 3 atom stereocenters. The Hall–Kier alpha value is -2.06. The summed E-state index contributed by atoms with van der Waals surface area (Å²) in [4.78, 5) is 23.3. The maximum absolute atomic E-state index is 13.0. The van der Waals surface area contributed by atoms with Gasteiger partial charge in [0.05, 0.1) is 39.9 Å². The van der Waals surface area contributed by atoms with Crippen LogP contribution in [0.5, 0.6) is 0 Å². The zero-order valence-electron chi connectivity index (χ0n) is 47.9. The molecule has 0 aliphatic rings. The fourth-order valence-corrected chi connectivity index (χ4v) is 9.35. The quantitative estimate of drug-likeness (QED) is 0.0243. The third-order valence-corrected chi connectivity index (χ3v) is 14.4. The lowest BCUT2D eigenvalue weighted by Gasteiger charge is -2.25. The fraction of sp³-hybridized carbons (Fsp3) is 0.794. The second kappa shape index (κ2) is 53.8. The highest BCUT2D eigenvalue weighted by atomic mass is 31.2. The number of hydrogen-bond donors (Lipinski definition) is 3. The average Bonchev–Trinajstić information content (AvgIpc) is 3.34. The number of phosphoric acid groups is 1. The molecular formula is C63H118N2O6P+. The maximum Gasteiger partial charge on any atom is 0.472 e. The van der Waals surface area contributed by atoms with Crippen molar-refractivity contribution in [2.75, 3.05) is 40.9 Å². The molecule has 0 aliphatic heterocycles. The number of carbonyl (C=O) groups excluding carboxylic acids is 1. The highest BCUT2D eigenvalue weighted by Gasteiger charge is 2.27. The highest BCUT2D eigenvalue weighted by Crippen LogP contribution is 2.43. The number of unbranched alkanes of at least 4 members (excludes halogenated alkanes) is 32. The number of nitrogens with one attached hydrogen (secondary N) is 1. The van der Waals surface area contributed by atoms with Gasteiger partial charge in [-0.05, 0) is 83.5 Å². The van der Waals surface area contributed by atoms with Crippen LogP contribution in [0.25, 0.3) is 0 Å². The van der Waals surface area contributed by atoms with Crippen LogP contribution in [0.3, 0.4) is 0 Å². The van der Waals surface area contributed by atoms with Crippen molar-refractivity contribution in [3.63, 3.8) is 0 Å². The molecule has 8 nitrogen and oxygen atoms in total. The number of carbonyl (C=O) groups is 1. The van der Waals surface area contributed by atoms with Gasteiger partial charge in [0.2, 0.25) is 5.91 Å². The van der Waals surface area contributed by atoms with Crippen LogP contribution in [0, 0.1) is 0 Å². The van der Waals surface area contributed by atoms with Gasteiger partial charge in [0.25, 0.3) is 0 Å². The van der Waals surface area contributed by atoms with Gasteiger partial charge in [-0.1, -0.05) is 254 Å². The SMILES string of the molecule is CCCCCCC/C=C\C/C=C\C/C=C\CCCCCCCCCCCCCCCCC(=O)NC(COP(=O)(O)OCC[N+](C)(C)C)C(O)/C=C/CC/C=C/CC/C=C/CCCCCCCCCCCCC. The Bertz CT molecular complexity index is 1400. The minimum absolute atomic E-state index is 0.0515. The smallest absolute Gasteiger partial charge is 0.387 e. The summed E-state index contributed by atoms with van der Waals surface area (Å²) in [7, 11) is 1.54. The van der Waals surface area contributed by atoms with Crippen LogP contribution in [-0.2, 0) is 18.4 Å². The molecule has 0 aliphatic carbocycles. The van der Waals surface area contributed by atoms with Crippen LogP contribution in [0.2, 0.25) is 0 Å². The molecule has 0 radical (unpaired) electrons. The normalized spacial score (nSPS) is 14.4. The van der Waals surface area contributed by atoms with Crippen molar-refractivity contribution >= 4 is 13.7 Å². The lowest BCUT2D eigenvalue weighted by Crippen LogP contribution is -2.45. The Morgan fingerprint density at radius 1 is 0.472 bits per heavy atom. The number of hydrogen-bond acceptors (Lipinski definition) is 5. The van der Waals surface area contributed by atoms with Gasteiger partial charge < -0.3 is 19.8 Å². The molecule has 0 fully saturated rings. The Labute approximate surface area is 446 Å². The van der Waals surface area contributed by atoms with E-state index < -0.39 is 20.0 Å². The molecule has 0 saturated heterocycles. The molecule has 3 N–H and O–H groups in total. The fourth-order valence-electron chi connectivity index (χ4n) is 8.61. The number of aliphatic hydroxyl groups excluding tert-OH is 1. The molecule has 1 amide bonds. The van der Waals surface area contributed by atoms with Crippen LogP contribution in [-0.4, -0.2) is 73.4 Å². The van der Waals surface area contributed by atoms with Gasteiger partial charge in [0.15, 0.2) is 0 Å². The predicted molar refractivity (Wildman–Crippen MR) is 313 cm³/mol. The maximum atomic E-state index is 13.0. The molecule has 0 aromatic carbocycles. The van der Waals surface area contributed by atoms with Gasteiger partial charge in [-0.3, -0.25) is 13.8 Å². The molecule has 0 heterocycles. The zero-order chi connectivity index (χ0) is 52.7. The predicted octanol–water partition coefficient (Wildman–Crippen LogP) is 18.7. The first kappa shape index (κ1) is 69.9. The number of rotatable bonds is 55. The second-order valence-electron chi connectivity index (χ2n) is 21.7. The largest absolute Gasteiger partial charge is 0.472 e. The topological polar surface area (TPSA) is 105 Å². The van der Waals surface area contributed by atoms with Crippen LogP contribution >= 0.6 is 7.82 Å². The van der Waals surface area contributed by atoms with E-state index in [0.717, 1.165) is 57.8 Å². The van der Waals surface area contributed by atoms with Gasteiger partial charge in [-0.15, -0.1) is 0 Å². The standard InChI is InChI=1S/C63H117N2O6P/c1-6-8-10-12-14-16-18-20-22-24-26-28-29-30-31-32-33-34-35-37-39-41-43-45-47-49-51-53-55-57-63(67)64-61(60-71-72(68,69)70-59-58-65(3,4)5)62(66)56-54-52-50-48-46-44-42-40-38-36-27-25-23-21-19-17-15-13-11-9-7-2/h18,20,24,26,29-30,38,40,46,48,54,56,61-62,66H,6-17,19,21-23,25,27-28,31-37,39,41-45,47,49-53,55,57-60H2,1-5H3,(H-,64,67,68,69)/p+1/b20-18-,26-24-,30-29-,40-38+,48-46+,56-54+. The van der Waals surface area contributed by atoms with E-state index in [1.807, 2.05) is 27.2 Å². The van der Waals surface area contributed by atoms with E-state index in [1.54, 1.807) is 6.08 Å². The molecule has 0 rings (SSSR count). The summed E-state index contributed by atoms with van der Waals surface area (Å²) >= 11 is 0. The van der Waals surface area contributed by atoms with Crippen molar-refractivity contribution < 1.29 is 32.9 Å². The van der Waals surface area contributed by atoms with Crippen molar-refractivity contribution in [1.82, 2.24) is 5.32 Å². The van der Waals surface area contributed by atoms with Gasteiger partial charge in [0, 0.05) is 6.42 Å². The summed E-state index contributed by atoms with van der Waals surface area (Å²) in [6, 6.07) is -0.874. The van der Waals surface area contributed by atoms with E-state index in [2.05, 4.69) is 79.9 Å². The second-order valence-corrected chi connectivity index (χ2v) is 23.2. The van der Waals surface area contributed by atoms with Crippen molar-refractivity contribution in [2.24, 2.45) is 0 Å². The van der Waals surface area contributed by atoms with E-state index in [1.165, 1.54) is 193 Å². The third kappa shape index (κ3) is 55.7. The number of allylic oxidation sites excluding steroid dienone is 11. The minimum atomic E-state index is -4.36. The summed E-state index contributed by atoms with van der Waals surface area (Å²) in [5.74, 6) is -0.191. The van der Waals surface area contributed by atoms with Crippen molar-refractivity contribution in [2.45, 2.75) is 283 Å². The Balaban J connectivity index is 4.22. The number of quaternary nitrogens is 1. The molecule has 3 unspecified atom stereocenters. The number of aliphatic hydroxyl groups is 1. The number of phosphoric ester groups is 1. The number of likely N-dealkylation sites (N-methyl/N-ethyl adjacent to an activating group) is 1. The van der Waals surface area contributed by atoms with Crippen molar-refractivity contribution in [3.05, 3.63) is 72.9 Å². The molecule has 420 valence electrons. The van der Waals surface area contributed by atoms with E-state index in [4.69, 9.17) is 9.05 Å². The lowest BCUT2D eigenvalue weighted by molar-refractivity contribution is -0.870. The average molecular weight is 1030 g/mol. The molecule has 0 saturated carbocycles. The highest BCUT2D eigenvalue weighted by molar-refractivity contribution is 7.47. The molecule has 9 heteroatoms. The molecule has 0 aromatic heterocycles. The molecular weight excluding hydrogens is 912 g/mol. The molecule has 0 spiro atoms. The first-order valence-corrected chi connectivity index (χ1v) is 31.8. The molecule has 0 aromatic rings. The van der Waals surface area contributed by atoms with Gasteiger partial charge in [-0.25, -0.2) is 4.57 Å². The lowest BCUT2D eigenvalue weighted by atomic mass is 10.0. The Kier molecular flexibility index (Phi) is 52.2. The Morgan fingerprint density at radius 2 is 0.806 bits per heavy atom. The van der Waals surface area contributed by atoms with Crippen molar-refractivity contribution in [3.8, 4) is 0 Å². The first-order chi connectivity index (χ1) is 35.0. The molecule has 72 heavy (non-hydrogen) atoms. The summed E-state index contributed by atoms with van der Waals surface area (Å²) < 4.78 is 23.7. The van der Waals surface area contributed by atoms with Crippen molar-refractivity contribution in [1.29, 1.82) is 0 Å². The van der Waals surface area contributed by atoms with Gasteiger partial charge >= 0.3 is 7.82 Å². The monoisotopic (exact) mass is 1030 g/mol. The van der Waals surface area contributed by atoms with E-state index in [9.17, 15) is 19.4 Å². The minimum Gasteiger partial charge on any atom is -0.387 e. The molecule has 0 bridgehead atoms. The summed E-state index contributed by atoms with van der Waals surface area (Å²) in [5.41, 5.74) is 0. The first-order valence-electron chi connectivity index (χ1n) is 30.3.